The van der Waals surface area contributed by atoms with Gasteiger partial charge in [-0.3, -0.25) is 0 Å². The predicted octanol–water partition coefficient (Wildman–Crippen LogP) is 1.72. The Morgan fingerprint density at radius 1 is 1.00 bits per heavy atom. The lowest BCUT2D eigenvalue weighted by Crippen LogP contribution is -2.26. The predicted molar refractivity (Wildman–Crippen MR) is 101 cm³/mol. The molecular formula is C19H27N5O2. The molecule has 7 heteroatoms. The van der Waals surface area contributed by atoms with Gasteiger partial charge in [0.1, 0.15) is 11.6 Å². The Morgan fingerprint density at radius 3 is 2.23 bits per heavy atom. The third-order valence-corrected chi connectivity index (χ3v) is 4.30. The summed E-state index contributed by atoms with van der Waals surface area (Å²) < 4.78 is 11.8. The van der Waals surface area contributed by atoms with E-state index in [1.165, 1.54) is 0 Å². The van der Waals surface area contributed by atoms with E-state index in [2.05, 4.69) is 15.3 Å². The number of nitrogens with two attached hydrogens (primary N) is 2. The number of aryl methyl sites for hydroxylation is 2. The lowest BCUT2D eigenvalue weighted by molar-refractivity contribution is 0.0453. The SMILES string of the molecule is Cc1cc(N)nc(COC[C@@H]2C[C@H](OCc3cc(C)cc(N)n3)CN2)c1. The first kappa shape index (κ1) is 18.6. The fraction of sp³-hybridized carbons (Fsp3) is 0.474. The summed E-state index contributed by atoms with van der Waals surface area (Å²) >= 11 is 0. The van der Waals surface area contributed by atoms with Gasteiger partial charge in [-0.2, -0.15) is 0 Å². The van der Waals surface area contributed by atoms with Gasteiger partial charge in [0.25, 0.3) is 0 Å². The second kappa shape index (κ2) is 8.44. The summed E-state index contributed by atoms with van der Waals surface area (Å²) in [6, 6.07) is 7.97. The monoisotopic (exact) mass is 357 g/mol. The zero-order valence-electron chi connectivity index (χ0n) is 15.4. The lowest BCUT2D eigenvalue weighted by Gasteiger charge is -2.13. The molecule has 26 heavy (non-hydrogen) atoms. The van der Waals surface area contributed by atoms with E-state index >= 15 is 0 Å². The number of nitrogen functional groups attached to an aromatic ring is 2. The van der Waals surface area contributed by atoms with Crippen molar-refractivity contribution in [3.63, 3.8) is 0 Å². The third-order valence-electron chi connectivity index (χ3n) is 4.30. The number of hydrogen-bond donors (Lipinski definition) is 3. The molecule has 0 radical (unpaired) electrons. The summed E-state index contributed by atoms with van der Waals surface area (Å²) in [4.78, 5) is 8.58. The number of ether oxygens (including phenoxy) is 2. The van der Waals surface area contributed by atoms with Crippen LogP contribution in [0, 0.1) is 13.8 Å². The maximum absolute atomic E-state index is 5.96. The van der Waals surface area contributed by atoms with E-state index in [0.717, 1.165) is 35.5 Å². The molecule has 1 aliphatic heterocycles. The Hall–Kier alpha value is -2.22. The van der Waals surface area contributed by atoms with E-state index in [0.29, 0.717) is 31.5 Å². The summed E-state index contributed by atoms with van der Waals surface area (Å²) in [6.07, 6.45) is 1.06. The average molecular weight is 357 g/mol. The van der Waals surface area contributed by atoms with Gasteiger partial charge >= 0.3 is 0 Å². The molecule has 2 atom stereocenters. The Bertz CT molecular complexity index is 712. The summed E-state index contributed by atoms with van der Waals surface area (Å²) in [7, 11) is 0. The van der Waals surface area contributed by atoms with Crippen molar-refractivity contribution in [2.75, 3.05) is 24.6 Å². The maximum Gasteiger partial charge on any atom is 0.123 e. The van der Waals surface area contributed by atoms with Crippen molar-refractivity contribution >= 4 is 11.6 Å². The van der Waals surface area contributed by atoms with Gasteiger partial charge in [-0.05, 0) is 55.7 Å². The minimum absolute atomic E-state index is 0.153. The number of pyridine rings is 2. The van der Waals surface area contributed by atoms with E-state index in [-0.39, 0.29) is 12.1 Å². The standard InChI is InChI=1S/C19H27N5O2/c1-12-3-15(23-18(20)5-12)10-25-9-14-7-17(8-22-14)26-11-16-4-13(2)6-19(21)24-16/h3-6,14,17,22H,7-11H2,1-2H3,(H2,20,23)(H2,21,24)/t14-,17-/m0/s1. The van der Waals surface area contributed by atoms with Gasteiger partial charge in [0.2, 0.25) is 0 Å². The highest BCUT2D eigenvalue weighted by molar-refractivity contribution is 5.34. The molecule has 0 unspecified atom stereocenters. The van der Waals surface area contributed by atoms with Crippen LogP contribution < -0.4 is 16.8 Å². The van der Waals surface area contributed by atoms with Crippen LogP contribution in [-0.2, 0) is 22.7 Å². The van der Waals surface area contributed by atoms with Crippen molar-refractivity contribution in [2.45, 2.75) is 45.6 Å². The summed E-state index contributed by atoms with van der Waals surface area (Å²) in [5.41, 5.74) is 15.5. The van der Waals surface area contributed by atoms with Crippen molar-refractivity contribution in [3.05, 3.63) is 46.8 Å². The highest BCUT2D eigenvalue weighted by Crippen LogP contribution is 2.15. The number of rotatable bonds is 7. The van der Waals surface area contributed by atoms with Crippen molar-refractivity contribution in [2.24, 2.45) is 0 Å². The Kier molecular flexibility index (Phi) is 6.03. The quantitative estimate of drug-likeness (QED) is 0.692. The molecular weight excluding hydrogens is 330 g/mol. The molecule has 2 aromatic rings. The minimum atomic E-state index is 0.153. The summed E-state index contributed by atoms with van der Waals surface area (Å²) in [6.45, 7) is 6.36. The third kappa shape index (κ3) is 5.39. The normalized spacial score (nSPS) is 19.8. The Morgan fingerprint density at radius 2 is 1.62 bits per heavy atom. The zero-order chi connectivity index (χ0) is 18.5. The van der Waals surface area contributed by atoms with E-state index in [1.54, 1.807) is 0 Å². The minimum Gasteiger partial charge on any atom is -0.384 e. The molecule has 1 saturated heterocycles. The first-order valence-electron chi connectivity index (χ1n) is 8.87. The molecule has 1 aliphatic rings. The van der Waals surface area contributed by atoms with Crippen molar-refractivity contribution < 1.29 is 9.47 Å². The molecule has 140 valence electrons. The summed E-state index contributed by atoms with van der Waals surface area (Å²) in [5, 5.41) is 3.43. The molecule has 0 spiro atoms. The number of anilines is 2. The molecule has 0 saturated carbocycles. The summed E-state index contributed by atoms with van der Waals surface area (Å²) in [5.74, 6) is 1.06. The molecule has 3 rings (SSSR count). The Balaban J connectivity index is 1.39. The zero-order valence-corrected chi connectivity index (χ0v) is 15.4. The van der Waals surface area contributed by atoms with Crippen molar-refractivity contribution in [3.8, 4) is 0 Å². The molecule has 0 aromatic carbocycles. The number of nitrogens with one attached hydrogen (secondary N) is 1. The van der Waals surface area contributed by atoms with Crippen LogP contribution in [0.4, 0.5) is 11.6 Å². The van der Waals surface area contributed by atoms with Gasteiger partial charge in [0, 0.05) is 12.6 Å². The van der Waals surface area contributed by atoms with Gasteiger partial charge < -0.3 is 26.3 Å². The molecule has 2 aromatic heterocycles. The van der Waals surface area contributed by atoms with Gasteiger partial charge in [0.15, 0.2) is 0 Å². The van der Waals surface area contributed by atoms with E-state index in [9.17, 15) is 0 Å². The van der Waals surface area contributed by atoms with Crippen molar-refractivity contribution in [1.82, 2.24) is 15.3 Å². The molecule has 1 fully saturated rings. The topological polar surface area (TPSA) is 108 Å². The van der Waals surface area contributed by atoms with Crippen LogP contribution >= 0.6 is 0 Å². The molecule has 7 nitrogen and oxygen atoms in total. The van der Waals surface area contributed by atoms with Crippen LogP contribution in [0.2, 0.25) is 0 Å². The van der Waals surface area contributed by atoms with Crippen molar-refractivity contribution in [1.29, 1.82) is 0 Å². The second-order valence-electron chi connectivity index (χ2n) is 6.91. The van der Waals surface area contributed by atoms with E-state index in [1.807, 2.05) is 38.1 Å². The van der Waals surface area contributed by atoms with Crippen LogP contribution in [0.3, 0.4) is 0 Å². The maximum atomic E-state index is 5.96. The van der Waals surface area contributed by atoms with E-state index in [4.69, 9.17) is 20.9 Å². The molecule has 0 aliphatic carbocycles. The number of hydrogen-bond acceptors (Lipinski definition) is 7. The number of nitrogens with zero attached hydrogens (tertiary/aromatic N) is 2. The van der Waals surface area contributed by atoms with Gasteiger partial charge in [-0.25, -0.2) is 9.97 Å². The highest BCUT2D eigenvalue weighted by Gasteiger charge is 2.25. The fourth-order valence-electron chi connectivity index (χ4n) is 3.23. The molecule has 0 bridgehead atoms. The number of aromatic nitrogens is 2. The Labute approximate surface area is 154 Å². The van der Waals surface area contributed by atoms with E-state index < -0.39 is 0 Å². The second-order valence-corrected chi connectivity index (χ2v) is 6.91. The van der Waals surface area contributed by atoms with Crippen LogP contribution in [0.15, 0.2) is 24.3 Å². The van der Waals surface area contributed by atoms with Gasteiger partial charge in [-0.1, -0.05) is 0 Å². The van der Waals surface area contributed by atoms with Crippen LogP contribution in [0.25, 0.3) is 0 Å². The lowest BCUT2D eigenvalue weighted by atomic mass is 10.2. The first-order chi connectivity index (χ1) is 12.5. The van der Waals surface area contributed by atoms with Crippen LogP contribution in [0.5, 0.6) is 0 Å². The average Bonchev–Trinajstić information content (AvgIpc) is 2.99. The van der Waals surface area contributed by atoms with Crippen LogP contribution in [-0.4, -0.2) is 35.3 Å². The van der Waals surface area contributed by atoms with Gasteiger partial charge in [0.05, 0.1) is 37.3 Å². The van der Waals surface area contributed by atoms with Crippen LogP contribution in [0.1, 0.15) is 28.9 Å². The highest BCUT2D eigenvalue weighted by atomic mass is 16.5. The molecule has 0 amide bonds. The molecule has 3 heterocycles. The molecule has 5 N–H and O–H groups in total. The largest absolute Gasteiger partial charge is 0.384 e. The smallest absolute Gasteiger partial charge is 0.123 e. The fourth-order valence-corrected chi connectivity index (χ4v) is 3.23. The first-order valence-corrected chi connectivity index (χ1v) is 8.87. The van der Waals surface area contributed by atoms with Gasteiger partial charge in [-0.15, -0.1) is 0 Å².